The Morgan fingerprint density at radius 3 is 2.76 bits per heavy atom. The maximum Gasteiger partial charge on any atom is 0.225 e. The molecule has 0 radical (unpaired) electrons. The first-order chi connectivity index (χ1) is 9.96. The van der Waals surface area contributed by atoms with Gasteiger partial charge in [0.2, 0.25) is 5.91 Å². The lowest BCUT2D eigenvalue weighted by atomic mass is 10.1. The van der Waals surface area contributed by atoms with Crippen LogP contribution in [0.5, 0.6) is 0 Å². The van der Waals surface area contributed by atoms with Crippen LogP contribution in [0.25, 0.3) is 5.82 Å². The van der Waals surface area contributed by atoms with E-state index in [4.69, 9.17) is 0 Å². The zero-order chi connectivity index (χ0) is 15.3. The third kappa shape index (κ3) is 4.68. The van der Waals surface area contributed by atoms with E-state index in [2.05, 4.69) is 41.5 Å². The molecule has 0 fully saturated rings. The Bertz CT molecular complexity index is 586. The predicted octanol–water partition coefficient (Wildman–Crippen LogP) is 1.98. The van der Waals surface area contributed by atoms with Gasteiger partial charge >= 0.3 is 0 Å². The number of carbonyl (C=O) groups is 1. The van der Waals surface area contributed by atoms with Gasteiger partial charge in [-0.05, 0) is 39.0 Å². The number of pyridine rings is 1. The van der Waals surface area contributed by atoms with Gasteiger partial charge in [-0.15, -0.1) is 0 Å². The van der Waals surface area contributed by atoms with Gasteiger partial charge in [0.1, 0.15) is 0 Å². The van der Waals surface area contributed by atoms with E-state index in [0.717, 1.165) is 0 Å². The molecule has 0 unspecified atom stereocenters. The Labute approximate surface area is 124 Å². The molecule has 6 nitrogen and oxygen atoms in total. The number of aromatic nitrogens is 3. The summed E-state index contributed by atoms with van der Waals surface area (Å²) in [7, 11) is 0. The molecule has 0 aliphatic carbocycles. The van der Waals surface area contributed by atoms with Gasteiger partial charge in [0.15, 0.2) is 5.82 Å². The van der Waals surface area contributed by atoms with Crippen molar-refractivity contribution in [1.29, 1.82) is 0 Å². The minimum absolute atomic E-state index is 0.00873. The van der Waals surface area contributed by atoms with Crippen molar-refractivity contribution in [1.82, 2.24) is 20.1 Å². The molecule has 2 aromatic rings. The van der Waals surface area contributed by atoms with Crippen molar-refractivity contribution in [2.45, 2.75) is 32.7 Å². The molecule has 112 valence electrons. The van der Waals surface area contributed by atoms with E-state index < -0.39 is 0 Å². The van der Waals surface area contributed by atoms with Crippen molar-refractivity contribution in [3.8, 4) is 5.82 Å². The summed E-state index contributed by atoms with van der Waals surface area (Å²) in [5.74, 6) is 0.563. The van der Waals surface area contributed by atoms with E-state index in [-0.39, 0.29) is 11.4 Å². The highest BCUT2D eigenvalue weighted by Gasteiger charge is 2.12. The van der Waals surface area contributed by atoms with Crippen LogP contribution in [0.4, 0.5) is 5.69 Å². The summed E-state index contributed by atoms with van der Waals surface area (Å²) in [4.78, 5) is 16.3. The van der Waals surface area contributed by atoms with Crippen molar-refractivity contribution in [3.05, 3.63) is 36.8 Å². The molecule has 2 rings (SSSR count). The second kappa shape index (κ2) is 6.49. The first-order valence-corrected chi connectivity index (χ1v) is 6.96. The zero-order valence-corrected chi connectivity index (χ0v) is 12.6. The lowest BCUT2D eigenvalue weighted by Crippen LogP contribution is -2.37. The quantitative estimate of drug-likeness (QED) is 0.882. The van der Waals surface area contributed by atoms with Gasteiger partial charge in [-0.3, -0.25) is 4.79 Å². The normalized spacial score (nSPS) is 11.4. The number of amides is 1. The summed E-state index contributed by atoms with van der Waals surface area (Å²) in [6.07, 6.45) is 5.55. The summed E-state index contributed by atoms with van der Waals surface area (Å²) in [6.45, 7) is 6.85. The molecule has 2 N–H and O–H groups in total. The molecular formula is C15H21N5O. The van der Waals surface area contributed by atoms with Gasteiger partial charge in [-0.25, -0.2) is 9.67 Å². The molecule has 2 aromatic heterocycles. The molecule has 0 aliphatic rings. The van der Waals surface area contributed by atoms with Crippen molar-refractivity contribution >= 4 is 11.6 Å². The Kier molecular flexibility index (Phi) is 4.70. The fraction of sp³-hybridized carbons (Fsp3) is 0.400. The molecule has 0 aliphatic heterocycles. The van der Waals surface area contributed by atoms with E-state index >= 15 is 0 Å². The van der Waals surface area contributed by atoms with Crippen LogP contribution in [-0.2, 0) is 4.79 Å². The highest BCUT2D eigenvalue weighted by Crippen LogP contribution is 2.16. The standard InChI is InChI=1S/C15H21N5O/c1-15(2,3)17-10-7-13(21)19-12-6-4-8-16-14(12)20-11-5-9-18-20/h4-6,8-9,11,17H,7,10H2,1-3H3,(H,19,21). The lowest BCUT2D eigenvalue weighted by molar-refractivity contribution is -0.116. The first-order valence-electron chi connectivity index (χ1n) is 6.96. The Balaban J connectivity index is 1.99. The van der Waals surface area contributed by atoms with Crippen molar-refractivity contribution in [3.63, 3.8) is 0 Å². The molecule has 0 aromatic carbocycles. The lowest BCUT2D eigenvalue weighted by Gasteiger charge is -2.20. The van der Waals surface area contributed by atoms with Gasteiger partial charge in [-0.1, -0.05) is 0 Å². The molecule has 0 saturated carbocycles. The number of nitrogens with one attached hydrogen (secondary N) is 2. The monoisotopic (exact) mass is 287 g/mol. The summed E-state index contributed by atoms with van der Waals surface area (Å²) < 4.78 is 1.63. The molecule has 0 spiro atoms. The second-order valence-electron chi connectivity index (χ2n) is 5.80. The van der Waals surface area contributed by atoms with E-state index in [1.165, 1.54) is 0 Å². The summed E-state index contributed by atoms with van der Waals surface area (Å²) >= 11 is 0. The highest BCUT2D eigenvalue weighted by atomic mass is 16.1. The van der Waals surface area contributed by atoms with Crippen LogP contribution in [0.15, 0.2) is 36.8 Å². The maximum atomic E-state index is 12.0. The minimum atomic E-state index is -0.0480. The van der Waals surface area contributed by atoms with Gasteiger partial charge in [0.05, 0.1) is 5.69 Å². The van der Waals surface area contributed by atoms with E-state index in [1.807, 2.05) is 12.1 Å². The molecule has 2 heterocycles. The Morgan fingerprint density at radius 2 is 2.10 bits per heavy atom. The summed E-state index contributed by atoms with van der Waals surface area (Å²) in [6, 6.07) is 5.42. The second-order valence-corrected chi connectivity index (χ2v) is 5.80. The molecule has 1 amide bonds. The van der Waals surface area contributed by atoms with Crippen LogP contribution in [0.1, 0.15) is 27.2 Å². The van der Waals surface area contributed by atoms with E-state index in [0.29, 0.717) is 24.5 Å². The summed E-state index contributed by atoms with van der Waals surface area (Å²) in [5.41, 5.74) is 0.663. The molecule has 0 bridgehead atoms. The third-order valence-electron chi connectivity index (χ3n) is 2.79. The predicted molar refractivity (Wildman–Crippen MR) is 82.4 cm³/mol. The largest absolute Gasteiger partial charge is 0.323 e. The van der Waals surface area contributed by atoms with Crippen LogP contribution in [-0.4, -0.2) is 32.8 Å². The third-order valence-corrected chi connectivity index (χ3v) is 2.79. The van der Waals surface area contributed by atoms with Gasteiger partial charge < -0.3 is 10.6 Å². The topological polar surface area (TPSA) is 71.8 Å². The van der Waals surface area contributed by atoms with Gasteiger partial charge in [0.25, 0.3) is 0 Å². The smallest absolute Gasteiger partial charge is 0.225 e. The minimum Gasteiger partial charge on any atom is -0.323 e. The van der Waals surface area contributed by atoms with Crippen LogP contribution in [0.2, 0.25) is 0 Å². The van der Waals surface area contributed by atoms with Crippen LogP contribution in [0.3, 0.4) is 0 Å². The number of carbonyl (C=O) groups excluding carboxylic acids is 1. The highest BCUT2D eigenvalue weighted by molar-refractivity contribution is 5.92. The number of anilines is 1. The van der Waals surface area contributed by atoms with Crippen LogP contribution in [0, 0.1) is 0 Å². The van der Waals surface area contributed by atoms with Gasteiger partial charge in [-0.2, -0.15) is 5.10 Å². The molecule has 6 heteroatoms. The van der Waals surface area contributed by atoms with E-state index in [9.17, 15) is 4.79 Å². The van der Waals surface area contributed by atoms with Crippen molar-refractivity contribution < 1.29 is 4.79 Å². The summed E-state index contributed by atoms with van der Waals surface area (Å²) in [5, 5.41) is 10.3. The number of hydrogen-bond donors (Lipinski definition) is 2. The number of nitrogens with zero attached hydrogens (tertiary/aromatic N) is 3. The number of rotatable bonds is 5. The molecule has 0 saturated heterocycles. The molecule has 21 heavy (non-hydrogen) atoms. The Hall–Kier alpha value is -2.21. The zero-order valence-electron chi connectivity index (χ0n) is 12.6. The maximum absolute atomic E-state index is 12.0. The number of hydrogen-bond acceptors (Lipinski definition) is 4. The van der Waals surface area contributed by atoms with Crippen molar-refractivity contribution in [2.24, 2.45) is 0 Å². The van der Waals surface area contributed by atoms with Crippen LogP contribution >= 0.6 is 0 Å². The van der Waals surface area contributed by atoms with Gasteiger partial charge in [0, 0.05) is 37.1 Å². The molecular weight excluding hydrogens is 266 g/mol. The molecule has 0 atom stereocenters. The average molecular weight is 287 g/mol. The van der Waals surface area contributed by atoms with Crippen molar-refractivity contribution in [2.75, 3.05) is 11.9 Å². The fourth-order valence-corrected chi connectivity index (χ4v) is 1.83. The van der Waals surface area contributed by atoms with E-state index in [1.54, 1.807) is 29.3 Å². The first kappa shape index (κ1) is 15.2. The fourth-order valence-electron chi connectivity index (χ4n) is 1.83. The van der Waals surface area contributed by atoms with Crippen LogP contribution < -0.4 is 10.6 Å². The average Bonchev–Trinajstić information content (AvgIpc) is 2.91. The SMILES string of the molecule is CC(C)(C)NCCC(=O)Nc1cccnc1-n1cccn1. The Morgan fingerprint density at radius 1 is 1.29 bits per heavy atom.